The predicted octanol–water partition coefficient (Wildman–Crippen LogP) is 15.8. The highest BCUT2D eigenvalue weighted by Gasteiger charge is 2.46. The van der Waals surface area contributed by atoms with Gasteiger partial charge < -0.3 is 4.90 Å². The monoisotopic (exact) mass is 767 g/mol. The van der Waals surface area contributed by atoms with Gasteiger partial charge in [-0.05, 0) is 137 Å². The quantitative estimate of drug-likeness (QED) is 0.139. The molecule has 0 atom stereocenters. The molecule has 0 amide bonds. The zero-order valence-corrected chi connectivity index (χ0v) is 34.1. The van der Waals surface area contributed by atoms with E-state index in [0.29, 0.717) is 0 Å². The third-order valence-corrected chi connectivity index (χ3v) is 13.1. The predicted molar refractivity (Wildman–Crippen MR) is 255 cm³/mol. The average Bonchev–Trinajstić information content (AvgIpc) is 3.62. The van der Waals surface area contributed by atoms with Crippen LogP contribution in [0.1, 0.15) is 47.2 Å². The molecular formula is C59H45N. The van der Waals surface area contributed by atoms with Gasteiger partial charge >= 0.3 is 0 Å². The smallest absolute Gasteiger partial charge is 0.0713 e. The van der Waals surface area contributed by atoms with Crippen LogP contribution < -0.4 is 4.90 Å². The second-order valence-corrected chi connectivity index (χ2v) is 16.1. The third kappa shape index (κ3) is 5.46. The number of benzene rings is 10. The zero-order chi connectivity index (χ0) is 40.2. The van der Waals surface area contributed by atoms with Crippen LogP contribution in [0.3, 0.4) is 0 Å². The number of nitrogens with zero attached hydrogens (tertiary/aromatic N) is 1. The summed E-state index contributed by atoms with van der Waals surface area (Å²) in [6.07, 6.45) is 1.93. The molecular weight excluding hydrogens is 723 g/mol. The maximum Gasteiger partial charge on any atom is 0.0713 e. The maximum atomic E-state index is 2.49. The molecule has 0 heterocycles. The van der Waals surface area contributed by atoms with Gasteiger partial charge in [0.15, 0.2) is 0 Å². The highest BCUT2D eigenvalue weighted by Crippen LogP contribution is 2.57. The van der Waals surface area contributed by atoms with Crippen molar-refractivity contribution < 1.29 is 0 Å². The van der Waals surface area contributed by atoms with Gasteiger partial charge in [0.25, 0.3) is 0 Å². The van der Waals surface area contributed by atoms with Crippen LogP contribution in [-0.2, 0) is 18.3 Å². The molecule has 0 N–H and O–H groups in total. The highest BCUT2D eigenvalue weighted by molar-refractivity contribution is 6.25. The van der Waals surface area contributed by atoms with Crippen molar-refractivity contribution >= 4 is 49.4 Å². The first-order chi connectivity index (χ1) is 29.7. The van der Waals surface area contributed by atoms with E-state index >= 15 is 0 Å². The van der Waals surface area contributed by atoms with Gasteiger partial charge in [-0.2, -0.15) is 0 Å². The molecule has 10 aromatic rings. The van der Waals surface area contributed by atoms with Crippen LogP contribution in [0.4, 0.5) is 17.1 Å². The summed E-state index contributed by atoms with van der Waals surface area (Å²) in [6, 6.07) is 79.3. The van der Waals surface area contributed by atoms with E-state index in [1.807, 2.05) is 0 Å². The van der Waals surface area contributed by atoms with E-state index in [-0.39, 0.29) is 0 Å². The molecule has 286 valence electrons. The van der Waals surface area contributed by atoms with E-state index < -0.39 is 5.41 Å². The van der Waals surface area contributed by atoms with Crippen molar-refractivity contribution in [2.75, 3.05) is 4.90 Å². The zero-order valence-electron chi connectivity index (χ0n) is 34.1. The van der Waals surface area contributed by atoms with Crippen molar-refractivity contribution in [2.24, 2.45) is 0 Å². The number of hydrogen-bond acceptors (Lipinski definition) is 1. The van der Waals surface area contributed by atoms with Crippen molar-refractivity contribution in [3.63, 3.8) is 0 Å². The van der Waals surface area contributed by atoms with Crippen LogP contribution in [0.2, 0.25) is 0 Å². The molecule has 0 unspecified atom stereocenters. The van der Waals surface area contributed by atoms with Gasteiger partial charge in [0.05, 0.1) is 5.41 Å². The first-order valence-corrected chi connectivity index (χ1v) is 21.4. The van der Waals surface area contributed by atoms with Crippen LogP contribution in [0.5, 0.6) is 0 Å². The van der Waals surface area contributed by atoms with E-state index in [9.17, 15) is 0 Å². The number of anilines is 3. The molecule has 0 aliphatic heterocycles. The van der Waals surface area contributed by atoms with Gasteiger partial charge in [0, 0.05) is 17.1 Å². The van der Waals surface area contributed by atoms with E-state index in [1.54, 1.807) is 0 Å². The standard InChI is InChI=1S/C59H45N/c1-3-40-19-11-12-24-47(40)48-34-31-44(37-41(48)4-2)60(45-32-35-53-51-27-14-13-25-49(51)50-26-15-16-28-52(50)55(53)38-45)46-33-36-58-56(39-46)54-29-17-18-30-57(54)59(58,42-20-7-5-8-21-42)43-22-9-6-10-23-43/h5-39H,3-4H2,1-2H3. The Hall–Kier alpha value is -7.22. The summed E-state index contributed by atoms with van der Waals surface area (Å²) in [6.45, 7) is 4.54. The van der Waals surface area contributed by atoms with Crippen molar-refractivity contribution in [3.8, 4) is 22.3 Å². The summed E-state index contributed by atoms with van der Waals surface area (Å²) in [5.41, 5.74) is 16.0. The van der Waals surface area contributed by atoms with E-state index in [4.69, 9.17) is 0 Å². The van der Waals surface area contributed by atoms with Gasteiger partial charge in [0.1, 0.15) is 0 Å². The van der Waals surface area contributed by atoms with Gasteiger partial charge in [-0.25, -0.2) is 0 Å². The molecule has 1 aliphatic carbocycles. The van der Waals surface area contributed by atoms with E-state index in [0.717, 1.165) is 29.9 Å². The summed E-state index contributed by atoms with van der Waals surface area (Å²) in [5, 5.41) is 7.65. The number of fused-ring (bicyclic) bond motifs is 9. The van der Waals surface area contributed by atoms with Gasteiger partial charge in [-0.3, -0.25) is 0 Å². The molecule has 1 aliphatic rings. The Kier molecular flexibility index (Phi) is 8.71. The van der Waals surface area contributed by atoms with Gasteiger partial charge in [-0.1, -0.05) is 190 Å². The molecule has 0 saturated heterocycles. The van der Waals surface area contributed by atoms with Crippen LogP contribution in [0.15, 0.2) is 212 Å². The number of rotatable bonds is 8. The summed E-state index contributed by atoms with van der Waals surface area (Å²) < 4.78 is 0. The Balaban J connectivity index is 1.18. The van der Waals surface area contributed by atoms with E-state index in [2.05, 4.69) is 231 Å². The lowest BCUT2D eigenvalue weighted by Crippen LogP contribution is -2.28. The Morgan fingerprint density at radius 3 is 1.42 bits per heavy atom. The maximum absolute atomic E-state index is 2.49. The lowest BCUT2D eigenvalue weighted by molar-refractivity contribution is 0.768. The van der Waals surface area contributed by atoms with Crippen molar-refractivity contribution in [1.29, 1.82) is 0 Å². The molecule has 0 fully saturated rings. The molecule has 1 heteroatoms. The first-order valence-electron chi connectivity index (χ1n) is 21.4. The van der Waals surface area contributed by atoms with Crippen LogP contribution >= 0.6 is 0 Å². The number of hydrogen-bond donors (Lipinski definition) is 0. The molecule has 0 aromatic heterocycles. The minimum Gasteiger partial charge on any atom is -0.310 e. The average molecular weight is 768 g/mol. The van der Waals surface area contributed by atoms with Crippen LogP contribution in [0, 0.1) is 0 Å². The molecule has 11 rings (SSSR count). The summed E-state index contributed by atoms with van der Waals surface area (Å²) in [7, 11) is 0. The number of aryl methyl sites for hydroxylation is 2. The lowest BCUT2D eigenvalue weighted by Gasteiger charge is -2.34. The first kappa shape index (κ1) is 35.9. The Bertz CT molecular complexity index is 3160. The van der Waals surface area contributed by atoms with Crippen LogP contribution in [0.25, 0.3) is 54.6 Å². The Labute approximate surface area is 352 Å². The summed E-state index contributed by atoms with van der Waals surface area (Å²) >= 11 is 0. The topological polar surface area (TPSA) is 3.24 Å². The molecule has 10 aromatic carbocycles. The molecule has 0 spiro atoms. The fourth-order valence-electron chi connectivity index (χ4n) is 10.4. The SMILES string of the molecule is CCc1ccccc1-c1ccc(N(c2ccc3c(c2)-c2ccccc2C3(c2ccccc2)c2ccccc2)c2ccc3c4ccccc4c4ccccc4c3c2)cc1CC. The normalized spacial score (nSPS) is 12.8. The second-order valence-electron chi connectivity index (χ2n) is 16.1. The molecule has 0 bridgehead atoms. The fraction of sp³-hybridized carbons (Fsp3) is 0.0847. The molecule has 1 nitrogen and oxygen atoms in total. The van der Waals surface area contributed by atoms with Crippen LogP contribution in [-0.4, -0.2) is 0 Å². The molecule has 60 heavy (non-hydrogen) atoms. The van der Waals surface area contributed by atoms with Gasteiger partial charge in [-0.15, -0.1) is 0 Å². The second kappa shape index (κ2) is 14.6. The minimum absolute atomic E-state index is 0.454. The minimum atomic E-state index is -0.454. The highest BCUT2D eigenvalue weighted by atomic mass is 15.1. The molecule has 0 radical (unpaired) electrons. The third-order valence-electron chi connectivity index (χ3n) is 13.1. The summed E-state index contributed by atoms with van der Waals surface area (Å²) in [5.74, 6) is 0. The summed E-state index contributed by atoms with van der Waals surface area (Å²) in [4.78, 5) is 2.49. The Morgan fingerprint density at radius 1 is 0.317 bits per heavy atom. The van der Waals surface area contributed by atoms with Crippen molar-refractivity contribution in [3.05, 3.63) is 246 Å². The van der Waals surface area contributed by atoms with Crippen molar-refractivity contribution in [2.45, 2.75) is 32.1 Å². The van der Waals surface area contributed by atoms with Crippen molar-refractivity contribution in [1.82, 2.24) is 0 Å². The molecule has 0 saturated carbocycles. The van der Waals surface area contributed by atoms with Gasteiger partial charge in [0.2, 0.25) is 0 Å². The Morgan fingerprint density at radius 2 is 0.767 bits per heavy atom. The van der Waals surface area contributed by atoms with E-state index in [1.165, 1.54) is 88.0 Å². The lowest BCUT2D eigenvalue weighted by atomic mass is 9.68. The fourth-order valence-corrected chi connectivity index (χ4v) is 10.4. The largest absolute Gasteiger partial charge is 0.310 e.